The maximum atomic E-state index is 5.09. The van der Waals surface area contributed by atoms with E-state index in [0.717, 1.165) is 34.4 Å². The molecule has 202 valence electrons. The molecule has 2 N–H and O–H groups in total. The van der Waals surface area contributed by atoms with Crippen LogP contribution in [-0.4, -0.2) is 11.7 Å². The van der Waals surface area contributed by atoms with Crippen LogP contribution in [0.4, 0.5) is 22.7 Å². The Hall–Kier alpha value is -3.40. The number of rotatable bonds is 8. The minimum absolute atomic E-state index is 0.400. The van der Waals surface area contributed by atoms with Crippen LogP contribution >= 0.6 is 0 Å². The first-order chi connectivity index (χ1) is 18.0. The Balaban J connectivity index is 1.95. The van der Waals surface area contributed by atoms with Gasteiger partial charge in [0.1, 0.15) is 11.7 Å². The summed E-state index contributed by atoms with van der Waals surface area (Å²) in [5, 5.41) is 7.10. The van der Waals surface area contributed by atoms with E-state index in [1.54, 1.807) is 0 Å². The van der Waals surface area contributed by atoms with E-state index in [-0.39, 0.29) is 0 Å². The molecule has 0 bridgehead atoms. The van der Waals surface area contributed by atoms with Gasteiger partial charge in [0.2, 0.25) is 0 Å². The van der Waals surface area contributed by atoms with E-state index in [4.69, 9.17) is 9.98 Å². The van der Waals surface area contributed by atoms with E-state index < -0.39 is 0 Å². The molecule has 0 aliphatic rings. The predicted molar refractivity (Wildman–Crippen MR) is 168 cm³/mol. The van der Waals surface area contributed by atoms with Crippen LogP contribution in [0.1, 0.15) is 115 Å². The molecule has 0 saturated heterocycles. The van der Waals surface area contributed by atoms with Gasteiger partial charge in [-0.15, -0.1) is 0 Å². The summed E-state index contributed by atoms with van der Waals surface area (Å²) in [7, 11) is 0. The van der Waals surface area contributed by atoms with E-state index in [1.165, 1.54) is 22.3 Å². The molecule has 0 fully saturated rings. The summed E-state index contributed by atoms with van der Waals surface area (Å²) >= 11 is 0. The van der Waals surface area contributed by atoms with Gasteiger partial charge in [-0.1, -0.05) is 104 Å². The van der Waals surface area contributed by atoms with E-state index >= 15 is 0 Å². The molecule has 0 aliphatic heterocycles. The maximum Gasteiger partial charge on any atom is 0.104 e. The van der Waals surface area contributed by atoms with Gasteiger partial charge in [0.05, 0.1) is 22.7 Å². The first kappa shape index (κ1) is 29.2. The molecule has 4 heteroatoms. The standard InChI is InChI=1S/C34H46N4/c1-21(2)27-15-13-16-28(22(3)4)33(27)37-25(9)35-31-19-11-12-20-32(31)36-26(10)38-34-29(23(5)6)17-14-18-30(34)24(7)8/h11-24H,1-10H3,(H,35,37)(H,36,38). The van der Waals surface area contributed by atoms with Crippen LogP contribution in [0.3, 0.4) is 0 Å². The fourth-order valence-electron chi connectivity index (χ4n) is 4.76. The van der Waals surface area contributed by atoms with Gasteiger partial charge in [-0.05, 0) is 71.9 Å². The van der Waals surface area contributed by atoms with Crippen molar-refractivity contribution < 1.29 is 0 Å². The summed E-state index contributed by atoms with van der Waals surface area (Å²) < 4.78 is 0. The molecule has 3 aromatic carbocycles. The summed E-state index contributed by atoms with van der Waals surface area (Å²) in [6.45, 7) is 21.9. The van der Waals surface area contributed by atoms with Gasteiger partial charge < -0.3 is 10.6 Å². The van der Waals surface area contributed by atoms with Crippen LogP contribution in [0, 0.1) is 0 Å². The average Bonchev–Trinajstić information content (AvgIpc) is 2.84. The summed E-state index contributed by atoms with van der Waals surface area (Å²) in [5.41, 5.74) is 9.20. The topological polar surface area (TPSA) is 48.8 Å². The number of nitrogens with one attached hydrogen (secondary N) is 2. The lowest BCUT2D eigenvalue weighted by Gasteiger charge is -2.19. The van der Waals surface area contributed by atoms with Crippen molar-refractivity contribution in [1.82, 2.24) is 0 Å². The van der Waals surface area contributed by atoms with Gasteiger partial charge in [0, 0.05) is 0 Å². The van der Waals surface area contributed by atoms with Crippen molar-refractivity contribution in [1.29, 1.82) is 0 Å². The van der Waals surface area contributed by atoms with Crippen molar-refractivity contribution in [3.05, 3.63) is 82.9 Å². The van der Waals surface area contributed by atoms with Gasteiger partial charge in [-0.3, -0.25) is 0 Å². The number of amidine groups is 2. The van der Waals surface area contributed by atoms with Crippen molar-refractivity contribution in [3.63, 3.8) is 0 Å². The summed E-state index contributed by atoms with van der Waals surface area (Å²) in [6, 6.07) is 21.3. The SMILES string of the molecule is CC(=Nc1c(C(C)C)cccc1C(C)C)Nc1ccccc1NC(C)=Nc1c(C(C)C)cccc1C(C)C. The van der Waals surface area contributed by atoms with Crippen molar-refractivity contribution in [2.75, 3.05) is 10.6 Å². The number of para-hydroxylation sites is 4. The number of anilines is 2. The molecule has 3 rings (SSSR count). The van der Waals surface area contributed by atoms with Crippen molar-refractivity contribution in [3.8, 4) is 0 Å². The highest BCUT2D eigenvalue weighted by Crippen LogP contribution is 2.36. The Bertz CT molecular complexity index is 1140. The highest BCUT2D eigenvalue weighted by atomic mass is 15.1. The second-order valence-corrected chi connectivity index (χ2v) is 11.4. The molecule has 3 aromatic rings. The normalized spacial score (nSPS) is 12.7. The molecule has 0 spiro atoms. The summed E-state index contributed by atoms with van der Waals surface area (Å²) in [5.74, 6) is 3.32. The molecule has 0 amide bonds. The molecule has 0 radical (unpaired) electrons. The van der Waals surface area contributed by atoms with E-state index in [1.807, 2.05) is 26.0 Å². The fraction of sp³-hybridized carbons (Fsp3) is 0.412. The molecule has 4 nitrogen and oxygen atoms in total. The monoisotopic (exact) mass is 510 g/mol. The zero-order valence-electron chi connectivity index (χ0n) is 25.0. The van der Waals surface area contributed by atoms with Gasteiger partial charge in [0.15, 0.2) is 0 Å². The second-order valence-electron chi connectivity index (χ2n) is 11.4. The van der Waals surface area contributed by atoms with Crippen LogP contribution in [0.15, 0.2) is 70.6 Å². The van der Waals surface area contributed by atoms with E-state index in [0.29, 0.717) is 23.7 Å². The molecule has 0 atom stereocenters. The largest absolute Gasteiger partial charge is 0.342 e. The maximum absolute atomic E-state index is 5.09. The average molecular weight is 511 g/mol. The molecule has 38 heavy (non-hydrogen) atoms. The molecule has 0 aliphatic carbocycles. The quantitative estimate of drug-likeness (QED) is 0.234. The number of aliphatic imine (C=N–C) groups is 2. The first-order valence-electron chi connectivity index (χ1n) is 14.0. The second kappa shape index (κ2) is 12.9. The number of nitrogens with zero attached hydrogens (tertiary/aromatic N) is 2. The van der Waals surface area contributed by atoms with Crippen molar-refractivity contribution >= 4 is 34.4 Å². The van der Waals surface area contributed by atoms with Crippen LogP contribution in [0.2, 0.25) is 0 Å². The minimum Gasteiger partial charge on any atom is -0.342 e. The number of hydrogen-bond donors (Lipinski definition) is 2. The predicted octanol–water partition coefficient (Wildman–Crippen LogP) is 10.5. The molecular formula is C34H46N4. The van der Waals surface area contributed by atoms with Gasteiger partial charge in [-0.2, -0.15) is 0 Å². The third kappa shape index (κ3) is 7.12. The Kier molecular flexibility index (Phi) is 9.90. The Morgan fingerprint density at radius 1 is 0.474 bits per heavy atom. The summed E-state index contributed by atoms with van der Waals surface area (Å²) in [4.78, 5) is 10.2. The molecule has 0 unspecified atom stereocenters. The third-order valence-electron chi connectivity index (χ3n) is 6.80. The lowest BCUT2D eigenvalue weighted by atomic mass is 9.93. The van der Waals surface area contributed by atoms with Crippen LogP contribution in [0.25, 0.3) is 0 Å². The van der Waals surface area contributed by atoms with Gasteiger partial charge in [-0.25, -0.2) is 9.98 Å². The van der Waals surface area contributed by atoms with Crippen molar-refractivity contribution in [2.24, 2.45) is 9.98 Å². The van der Waals surface area contributed by atoms with Crippen LogP contribution in [-0.2, 0) is 0 Å². The van der Waals surface area contributed by atoms with Gasteiger partial charge >= 0.3 is 0 Å². The summed E-state index contributed by atoms with van der Waals surface area (Å²) in [6.07, 6.45) is 0. The fourth-order valence-corrected chi connectivity index (χ4v) is 4.76. The Labute approximate surface area is 230 Å². The zero-order chi connectivity index (χ0) is 28.0. The molecule has 0 aromatic heterocycles. The molecule has 0 heterocycles. The van der Waals surface area contributed by atoms with E-state index in [2.05, 4.69) is 115 Å². The third-order valence-corrected chi connectivity index (χ3v) is 6.80. The zero-order valence-corrected chi connectivity index (χ0v) is 25.0. The lowest BCUT2D eigenvalue weighted by molar-refractivity contribution is 0.834. The first-order valence-corrected chi connectivity index (χ1v) is 14.0. The smallest absolute Gasteiger partial charge is 0.104 e. The van der Waals surface area contributed by atoms with E-state index in [9.17, 15) is 0 Å². The van der Waals surface area contributed by atoms with Crippen molar-refractivity contribution in [2.45, 2.75) is 92.9 Å². The highest BCUT2D eigenvalue weighted by Gasteiger charge is 2.15. The minimum atomic E-state index is 0.400. The van der Waals surface area contributed by atoms with Gasteiger partial charge in [0.25, 0.3) is 0 Å². The Morgan fingerprint density at radius 2 is 0.763 bits per heavy atom. The van der Waals surface area contributed by atoms with Crippen LogP contribution in [0.5, 0.6) is 0 Å². The Morgan fingerprint density at radius 3 is 1.03 bits per heavy atom. The molecule has 0 saturated carbocycles. The highest BCUT2D eigenvalue weighted by molar-refractivity contribution is 6.03. The van der Waals surface area contributed by atoms with Crippen LogP contribution < -0.4 is 10.6 Å². The number of benzene rings is 3. The molecular weight excluding hydrogens is 464 g/mol. The lowest BCUT2D eigenvalue weighted by Crippen LogP contribution is -2.13. The number of hydrogen-bond acceptors (Lipinski definition) is 2.